The molecule has 6 heteroatoms. The van der Waals surface area contributed by atoms with Crippen molar-refractivity contribution in [3.8, 4) is 5.75 Å². The molecule has 0 radical (unpaired) electrons. The number of thiophene rings is 1. The molecule has 0 fully saturated rings. The second-order valence-corrected chi connectivity index (χ2v) is 5.73. The zero-order valence-corrected chi connectivity index (χ0v) is 12.5. The maximum atomic E-state index is 12.1. The maximum absolute atomic E-state index is 12.1. The van der Waals surface area contributed by atoms with Gasteiger partial charge in [0.25, 0.3) is 0 Å². The molecule has 0 spiro atoms. The molecular formula is C14H14ClNO3S. The maximum Gasteiger partial charge on any atom is 0.344 e. The van der Waals surface area contributed by atoms with Gasteiger partial charge in [0.05, 0.1) is 10.9 Å². The number of rotatable bonds is 5. The van der Waals surface area contributed by atoms with E-state index in [9.17, 15) is 4.79 Å². The van der Waals surface area contributed by atoms with Gasteiger partial charge in [-0.2, -0.15) is 0 Å². The van der Waals surface area contributed by atoms with E-state index in [-0.39, 0.29) is 12.2 Å². The SMILES string of the molecule is CCOc1cccc(N)c1C(=O)OCc1ccc(Cl)s1. The number of esters is 1. The van der Waals surface area contributed by atoms with Gasteiger partial charge >= 0.3 is 5.97 Å². The number of nitrogens with two attached hydrogens (primary N) is 1. The average molecular weight is 312 g/mol. The van der Waals surface area contributed by atoms with Crippen LogP contribution in [0.15, 0.2) is 30.3 Å². The van der Waals surface area contributed by atoms with Crippen LogP contribution in [0.1, 0.15) is 22.2 Å². The van der Waals surface area contributed by atoms with Crippen LogP contribution in [0.2, 0.25) is 4.34 Å². The Bertz CT molecular complexity index is 612. The minimum atomic E-state index is -0.504. The summed E-state index contributed by atoms with van der Waals surface area (Å²) in [6.45, 7) is 2.45. The smallest absolute Gasteiger partial charge is 0.344 e. The van der Waals surface area contributed by atoms with Crippen molar-refractivity contribution in [1.29, 1.82) is 0 Å². The predicted molar refractivity (Wildman–Crippen MR) is 80.5 cm³/mol. The van der Waals surface area contributed by atoms with E-state index in [2.05, 4.69) is 0 Å². The van der Waals surface area contributed by atoms with Crippen LogP contribution in [0.25, 0.3) is 0 Å². The fourth-order valence-electron chi connectivity index (χ4n) is 1.68. The zero-order chi connectivity index (χ0) is 14.5. The lowest BCUT2D eigenvalue weighted by Gasteiger charge is -2.11. The highest BCUT2D eigenvalue weighted by molar-refractivity contribution is 7.16. The van der Waals surface area contributed by atoms with E-state index in [1.54, 1.807) is 24.3 Å². The third-order valence-electron chi connectivity index (χ3n) is 2.54. The van der Waals surface area contributed by atoms with E-state index in [4.69, 9.17) is 26.8 Å². The zero-order valence-electron chi connectivity index (χ0n) is 10.9. The molecule has 0 atom stereocenters. The lowest BCUT2D eigenvalue weighted by molar-refractivity contribution is 0.0474. The van der Waals surface area contributed by atoms with E-state index < -0.39 is 5.97 Å². The van der Waals surface area contributed by atoms with Gasteiger partial charge in [-0.25, -0.2) is 4.79 Å². The molecule has 1 heterocycles. The lowest BCUT2D eigenvalue weighted by atomic mass is 10.1. The number of carbonyl (C=O) groups excluding carboxylic acids is 1. The molecule has 2 N–H and O–H groups in total. The van der Waals surface area contributed by atoms with Gasteiger partial charge in [-0.15, -0.1) is 11.3 Å². The van der Waals surface area contributed by atoms with Crippen molar-refractivity contribution in [2.75, 3.05) is 12.3 Å². The molecule has 0 unspecified atom stereocenters. The minimum absolute atomic E-state index is 0.163. The summed E-state index contributed by atoms with van der Waals surface area (Å²) in [4.78, 5) is 13.0. The molecule has 0 saturated carbocycles. The van der Waals surface area contributed by atoms with Gasteiger partial charge in [0.2, 0.25) is 0 Å². The second-order valence-electron chi connectivity index (χ2n) is 3.94. The van der Waals surface area contributed by atoms with Crippen LogP contribution in [0.3, 0.4) is 0 Å². The quantitative estimate of drug-likeness (QED) is 0.675. The molecule has 0 aliphatic rings. The fraction of sp³-hybridized carbons (Fsp3) is 0.214. The monoisotopic (exact) mass is 311 g/mol. The summed E-state index contributed by atoms with van der Waals surface area (Å²) >= 11 is 7.19. The largest absolute Gasteiger partial charge is 0.493 e. The van der Waals surface area contributed by atoms with Gasteiger partial charge in [0.15, 0.2) is 0 Å². The van der Waals surface area contributed by atoms with E-state index in [0.29, 0.717) is 22.4 Å². The van der Waals surface area contributed by atoms with Crippen molar-refractivity contribution < 1.29 is 14.3 Å². The molecule has 20 heavy (non-hydrogen) atoms. The number of hydrogen-bond donors (Lipinski definition) is 1. The Kier molecular flexibility index (Phi) is 4.87. The molecule has 2 aromatic rings. The Balaban J connectivity index is 2.12. The van der Waals surface area contributed by atoms with Gasteiger partial charge in [-0.05, 0) is 31.2 Å². The fourth-order valence-corrected chi connectivity index (χ4v) is 2.68. The van der Waals surface area contributed by atoms with Gasteiger partial charge in [-0.1, -0.05) is 17.7 Å². The Hall–Kier alpha value is -1.72. The Morgan fingerprint density at radius 3 is 2.80 bits per heavy atom. The van der Waals surface area contributed by atoms with Gasteiger partial charge in [-0.3, -0.25) is 0 Å². The molecule has 4 nitrogen and oxygen atoms in total. The van der Waals surface area contributed by atoms with Crippen molar-refractivity contribution in [2.24, 2.45) is 0 Å². The van der Waals surface area contributed by atoms with Crippen molar-refractivity contribution in [3.63, 3.8) is 0 Å². The molecule has 0 bridgehead atoms. The summed E-state index contributed by atoms with van der Waals surface area (Å²) in [5.41, 5.74) is 6.43. The first-order valence-electron chi connectivity index (χ1n) is 6.04. The van der Waals surface area contributed by atoms with Crippen LogP contribution in [0.4, 0.5) is 5.69 Å². The van der Waals surface area contributed by atoms with Crippen molar-refractivity contribution in [3.05, 3.63) is 45.1 Å². The van der Waals surface area contributed by atoms with Crippen LogP contribution >= 0.6 is 22.9 Å². The molecule has 2 rings (SSSR count). The van der Waals surface area contributed by atoms with Crippen LogP contribution in [0, 0.1) is 0 Å². The van der Waals surface area contributed by atoms with Crippen molar-refractivity contribution in [1.82, 2.24) is 0 Å². The van der Waals surface area contributed by atoms with E-state index in [1.165, 1.54) is 11.3 Å². The number of anilines is 1. The van der Waals surface area contributed by atoms with Gasteiger partial charge in [0.1, 0.15) is 17.9 Å². The van der Waals surface area contributed by atoms with Crippen molar-refractivity contribution in [2.45, 2.75) is 13.5 Å². The topological polar surface area (TPSA) is 61.5 Å². The normalized spacial score (nSPS) is 10.3. The summed E-state index contributed by atoms with van der Waals surface area (Å²) in [6.07, 6.45) is 0. The summed E-state index contributed by atoms with van der Waals surface area (Å²) < 4.78 is 11.3. The number of carbonyl (C=O) groups is 1. The van der Waals surface area contributed by atoms with Crippen LogP contribution in [0.5, 0.6) is 5.75 Å². The Labute approximate surface area is 126 Å². The molecule has 0 amide bonds. The second kappa shape index (κ2) is 6.63. The summed E-state index contributed by atoms with van der Waals surface area (Å²) in [5, 5.41) is 0. The lowest BCUT2D eigenvalue weighted by Crippen LogP contribution is -2.10. The van der Waals surface area contributed by atoms with E-state index in [0.717, 1.165) is 4.88 Å². The molecule has 0 aliphatic heterocycles. The minimum Gasteiger partial charge on any atom is -0.493 e. The first-order chi connectivity index (χ1) is 9.61. The molecular weight excluding hydrogens is 298 g/mol. The van der Waals surface area contributed by atoms with Crippen LogP contribution < -0.4 is 10.5 Å². The first kappa shape index (κ1) is 14.7. The highest BCUT2D eigenvalue weighted by Crippen LogP contribution is 2.27. The number of halogens is 1. The predicted octanol–water partition coefficient (Wildman–Crippen LogP) is 3.74. The average Bonchev–Trinajstić information content (AvgIpc) is 2.82. The van der Waals surface area contributed by atoms with Crippen molar-refractivity contribution >= 4 is 34.6 Å². The summed E-state index contributed by atoms with van der Waals surface area (Å²) in [7, 11) is 0. The first-order valence-corrected chi connectivity index (χ1v) is 7.24. The number of hydrogen-bond acceptors (Lipinski definition) is 5. The third kappa shape index (κ3) is 3.43. The Morgan fingerprint density at radius 2 is 2.15 bits per heavy atom. The molecule has 0 aliphatic carbocycles. The highest BCUT2D eigenvalue weighted by atomic mass is 35.5. The number of benzene rings is 1. The molecule has 1 aromatic heterocycles. The molecule has 1 aromatic carbocycles. The van der Waals surface area contributed by atoms with Crippen LogP contribution in [-0.2, 0) is 11.3 Å². The highest BCUT2D eigenvalue weighted by Gasteiger charge is 2.17. The van der Waals surface area contributed by atoms with Gasteiger partial charge < -0.3 is 15.2 Å². The molecule has 106 valence electrons. The number of ether oxygens (including phenoxy) is 2. The Morgan fingerprint density at radius 1 is 1.35 bits per heavy atom. The van der Waals surface area contributed by atoms with Gasteiger partial charge in [0, 0.05) is 10.6 Å². The van der Waals surface area contributed by atoms with E-state index >= 15 is 0 Å². The summed E-state index contributed by atoms with van der Waals surface area (Å²) in [5.74, 6) is -0.0715. The third-order valence-corrected chi connectivity index (χ3v) is 3.74. The standard InChI is InChI=1S/C14H14ClNO3S/c1-2-18-11-5-3-4-10(16)13(11)14(17)19-8-9-6-7-12(15)20-9/h3-7H,2,8,16H2,1H3. The molecule has 0 saturated heterocycles. The van der Waals surface area contributed by atoms with E-state index in [1.807, 2.05) is 13.0 Å². The number of nitrogen functional groups attached to an aromatic ring is 1. The summed E-state index contributed by atoms with van der Waals surface area (Å²) in [6, 6.07) is 8.64. The van der Waals surface area contributed by atoms with Crippen LogP contribution in [-0.4, -0.2) is 12.6 Å².